The summed E-state index contributed by atoms with van der Waals surface area (Å²) in [5.41, 5.74) is 0.821. The van der Waals surface area contributed by atoms with Crippen molar-refractivity contribution in [2.24, 2.45) is 0 Å². The molecule has 3 nitrogen and oxygen atoms in total. The fourth-order valence-corrected chi connectivity index (χ4v) is 1.39. The summed E-state index contributed by atoms with van der Waals surface area (Å²) >= 11 is 0. The molecule has 2 rings (SSSR count). The summed E-state index contributed by atoms with van der Waals surface area (Å²) in [6, 6.07) is 11.6. The molecule has 0 aliphatic carbocycles. The van der Waals surface area contributed by atoms with E-state index in [9.17, 15) is 4.39 Å². The number of hydrogen-bond acceptors (Lipinski definition) is 3. The molecule has 0 bridgehead atoms. The standard InChI is InChI=1S/C13H13FN2O/c1-15-13-4-2-3-11(16-13)9-17-12-7-5-10(14)6-8-12/h2-8H,9H2,1H3,(H,15,16). The normalized spacial score (nSPS) is 10.0. The number of rotatable bonds is 4. The van der Waals surface area contributed by atoms with Crippen molar-refractivity contribution in [3.8, 4) is 5.75 Å². The van der Waals surface area contributed by atoms with Crippen LogP contribution in [0.15, 0.2) is 42.5 Å². The highest BCUT2D eigenvalue weighted by atomic mass is 19.1. The first kappa shape index (κ1) is 11.4. The maximum atomic E-state index is 12.7. The first-order chi connectivity index (χ1) is 8.28. The van der Waals surface area contributed by atoms with Gasteiger partial charge < -0.3 is 10.1 Å². The summed E-state index contributed by atoms with van der Waals surface area (Å²) in [4.78, 5) is 4.31. The zero-order chi connectivity index (χ0) is 12.1. The maximum absolute atomic E-state index is 12.7. The SMILES string of the molecule is CNc1cccc(COc2ccc(F)cc2)n1. The predicted octanol–water partition coefficient (Wildman–Crippen LogP) is 2.84. The van der Waals surface area contributed by atoms with Crippen molar-refractivity contribution < 1.29 is 9.13 Å². The van der Waals surface area contributed by atoms with Gasteiger partial charge in [0.25, 0.3) is 0 Å². The fraction of sp³-hybridized carbons (Fsp3) is 0.154. The molecule has 1 heterocycles. The predicted molar refractivity (Wildman–Crippen MR) is 64.5 cm³/mol. The number of halogens is 1. The lowest BCUT2D eigenvalue weighted by atomic mass is 10.3. The van der Waals surface area contributed by atoms with Gasteiger partial charge in [0.1, 0.15) is 24.0 Å². The minimum Gasteiger partial charge on any atom is -0.487 e. The third kappa shape index (κ3) is 3.17. The first-order valence-corrected chi connectivity index (χ1v) is 5.30. The van der Waals surface area contributed by atoms with E-state index in [0.29, 0.717) is 12.4 Å². The molecule has 0 spiro atoms. The number of anilines is 1. The summed E-state index contributed by atoms with van der Waals surface area (Å²) < 4.78 is 18.2. The average Bonchev–Trinajstić information content (AvgIpc) is 2.38. The van der Waals surface area contributed by atoms with Crippen molar-refractivity contribution in [2.45, 2.75) is 6.61 Å². The molecule has 0 aliphatic heterocycles. The molecule has 4 heteroatoms. The summed E-state index contributed by atoms with van der Waals surface area (Å²) in [7, 11) is 1.81. The number of pyridine rings is 1. The van der Waals surface area contributed by atoms with E-state index in [-0.39, 0.29) is 5.82 Å². The van der Waals surface area contributed by atoms with E-state index in [1.54, 1.807) is 12.1 Å². The van der Waals surface area contributed by atoms with Gasteiger partial charge in [-0.3, -0.25) is 0 Å². The Labute approximate surface area is 99.3 Å². The molecule has 0 fully saturated rings. The largest absolute Gasteiger partial charge is 0.487 e. The van der Waals surface area contributed by atoms with E-state index < -0.39 is 0 Å². The molecule has 0 aliphatic rings. The second-order valence-electron chi connectivity index (χ2n) is 3.51. The van der Waals surface area contributed by atoms with Gasteiger partial charge >= 0.3 is 0 Å². The van der Waals surface area contributed by atoms with Crippen molar-refractivity contribution >= 4 is 5.82 Å². The molecular weight excluding hydrogens is 219 g/mol. The lowest BCUT2D eigenvalue weighted by Gasteiger charge is -2.06. The number of nitrogens with zero attached hydrogens (tertiary/aromatic N) is 1. The molecule has 88 valence electrons. The minimum atomic E-state index is -0.271. The average molecular weight is 232 g/mol. The zero-order valence-corrected chi connectivity index (χ0v) is 9.48. The van der Waals surface area contributed by atoms with Gasteiger partial charge in [0.2, 0.25) is 0 Å². The number of nitrogens with one attached hydrogen (secondary N) is 1. The van der Waals surface area contributed by atoms with Gasteiger partial charge in [-0.05, 0) is 36.4 Å². The highest BCUT2D eigenvalue weighted by Gasteiger charge is 1.99. The molecule has 0 saturated heterocycles. The van der Waals surface area contributed by atoms with Crippen LogP contribution >= 0.6 is 0 Å². The van der Waals surface area contributed by atoms with Gasteiger partial charge in [-0.1, -0.05) is 6.07 Å². The van der Waals surface area contributed by atoms with Crippen LogP contribution in [0.3, 0.4) is 0 Å². The second kappa shape index (κ2) is 5.30. The summed E-state index contributed by atoms with van der Waals surface area (Å²) in [5, 5.41) is 2.96. The highest BCUT2D eigenvalue weighted by molar-refractivity contribution is 5.34. The maximum Gasteiger partial charge on any atom is 0.130 e. The Balaban J connectivity index is 1.99. The number of aromatic nitrogens is 1. The van der Waals surface area contributed by atoms with Crippen LogP contribution in [0.1, 0.15) is 5.69 Å². The van der Waals surface area contributed by atoms with Gasteiger partial charge in [0.15, 0.2) is 0 Å². The fourth-order valence-electron chi connectivity index (χ4n) is 1.39. The van der Waals surface area contributed by atoms with E-state index >= 15 is 0 Å². The molecule has 17 heavy (non-hydrogen) atoms. The van der Waals surface area contributed by atoms with E-state index in [1.807, 2.05) is 25.2 Å². The molecule has 1 N–H and O–H groups in total. The Hall–Kier alpha value is -2.10. The van der Waals surface area contributed by atoms with Crippen molar-refractivity contribution in [3.63, 3.8) is 0 Å². The van der Waals surface area contributed by atoms with Crippen molar-refractivity contribution in [3.05, 3.63) is 54.0 Å². The molecular formula is C13H13FN2O. The quantitative estimate of drug-likeness (QED) is 0.880. The molecule has 2 aromatic rings. The van der Waals surface area contributed by atoms with Gasteiger partial charge in [0.05, 0.1) is 5.69 Å². The second-order valence-corrected chi connectivity index (χ2v) is 3.51. The minimum absolute atomic E-state index is 0.271. The molecule has 1 aromatic carbocycles. The van der Waals surface area contributed by atoms with Crippen LogP contribution in [0.25, 0.3) is 0 Å². The third-order valence-electron chi connectivity index (χ3n) is 2.26. The van der Waals surface area contributed by atoms with Crippen LogP contribution in [0.5, 0.6) is 5.75 Å². The van der Waals surface area contributed by atoms with E-state index in [2.05, 4.69) is 10.3 Å². The Morgan fingerprint density at radius 3 is 2.65 bits per heavy atom. The topological polar surface area (TPSA) is 34.1 Å². The lowest BCUT2D eigenvalue weighted by Crippen LogP contribution is -2.00. The molecule has 0 unspecified atom stereocenters. The van der Waals surface area contributed by atoms with Gasteiger partial charge in [-0.2, -0.15) is 0 Å². The Morgan fingerprint density at radius 1 is 1.18 bits per heavy atom. The van der Waals surface area contributed by atoms with Gasteiger partial charge in [0, 0.05) is 7.05 Å². The number of hydrogen-bond donors (Lipinski definition) is 1. The summed E-state index contributed by atoms with van der Waals surface area (Å²) in [6.07, 6.45) is 0. The van der Waals surface area contributed by atoms with Gasteiger partial charge in [-0.15, -0.1) is 0 Å². The van der Waals surface area contributed by atoms with Crippen LogP contribution in [0, 0.1) is 5.82 Å². The van der Waals surface area contributed by atoms with Crippen LogP contribution in [0.4, 0.5) is 10.2 Å². The van der Waals surface area contributed by atoms with Crippen LogP contribution in [-0.2, 0) is 6.61 Å². The highest BCUT2D eigenvalue weighted by Crippen LogP contribution is 2.13. The lowest BCUT2D eigenvalue weighted by molar-refractivity contribution is 0.301. The molecule has 0 saturated carbocycles. The smallest absolute Gasteiger partial charge is 0.130 e. The van der Waals surface area contributed by atoms with Crippen LogP contribution in [0.2, 0.25) is 0 Å². The first-order valence-electron chi connectivity index (χ1n) is 5.30. The summed E-state index contributed by atoms with van der Waals surface area (Å²) in [5.74, 6) is 1.15. The Bertz CT molecular complexity index is 485. The van der Waals surface area contributed by atoms with E-state index in [4.69, 9.17) is 4.74 Å². The summed E-state index contributed by atoms with van der Waals surface area (Å²) in [6.45, 7) is 0.362. The van der Waals surface area contributed by atoms with Crippen molar-refractivity contribution in [2.75, 3.05) is 12.4 Å². The van der Waals surface area contributed by atoms with Crippen molar-refractivity contribution in [1.82, 2.24) is 4.98 Å². The Kier molecular flexibility index (Phi) is 3.55. The number of benzene rings is 1. The molecule has 0 radical (unpaired) electrons. The molecule has 0 amide bonds. The Morgan fingerprint density at radius 2 is 1.94 bits per heavy atom. The third-order valence-corrected chi connectivity index (χ3v) is 2.26. The van der Waals surface area contributed by atoms with Crippen LogP contribution in [-0.4, -0.2) is 12.0 Å². The van der Waals surface area contributed by atoms with Crippen molar-refractivity contribution in [1.29, 1.82) is 0 Å². The van der Waals surface area contributed by atoms with Gasteiger partial charge in [-0.25, -0.2) is 9.37 Å². The monoisotopic (exact) mass is 232 g/mol. The zero-order valence-electron chi connectivity index (χ0n) is 9.48. The van der Waals surface area contributed by atoms with E-state index in [0.717, 1.165) is 11.5 Å². The number of ether oxygens (including phenoxy) is 1. The van der Waals surface area contributed by atoms with Crippen LogP contribution < -0.4 is 10.1 Å². The molecule has 1 aromatic heterocycles. The van der Waals surface area contributed by atoms with E-state index in [1.165, 1.54) is 12.1 Å². The molecule has 0 atom stereocenters.